The van der Waals surface area contributed by atoms with Crippen LogP contribution in [-0.2, 0) is 13.0 Å². The van der Waals surface area contributed by atoms with Crippen LogP contribution in [0.15, 0.2) is 18.2 Å². The SMILES string of the molecule is FC(F)(F)C1CCN(Cc2cccc3c2NCC3)CC1. The minimum atomic E-state index is -4.03. The second-order valence-corrected chi connectivity index (χ2v) is 5.72. The lowest BCUT2D eigenvalue weighted by molar-refractivity contribution is -0.185. The zero-order valence-electron chi connectivity index (χ0n) is 11.3. The van der Waals surface area contributed by atoms with Gasteiger partial charge in [0.15, 0.2) is 0 Å². The van der Waals surface area contributed by atoms with E-state index < -0.39 is 12.1 Å². The van der Waals surface area contributed by atoms with Crippen molar-refractivity contribution in [3.8, 4) is 0 Å². The molecule has 1 aromatic rings. The number of rotatable bonds is 2. The number of nitrogens with one attached hydrogen (secondary N) is 1. The van der Waals surface area contributed by atoms with Gasteiger partial charge in [0.2, 0.25) is 0 Å². The number of nitrogens with zero attached hydrogens (tertiary/aromatic N) is 1. The molecule has 1 aromatic carbocycles. The van der Waals surface area contributed by atoms with Gasteiger partial charge in [-0.3, -0.25) is 4.90 Å². The van der Waals surface area contributed by atoms with E-state index in [4.69, 9.17) is 0 Å². The van der Waals surface area contributed by atoms with Crippen molar-refractivity contribution in [2.75, 3.05) is 25.0 Å². The van der Waals surface area contributed by atoms with Gasteiger partial charge >= 0.3 is 6.18 Å². The van der Waals surface area contributed by atoms with Gasteiger partial charge in [-0.1, -0.05) is 18.2 Å². The molecule has 0 aromatic heterocycles. The predicted molar refractivity (Wildman–Crippen MR) is 72.7 cm³/mol. The molecule has 0 spiro atoms. The Morgan fingerprint density at radius 3 is 2.65 bits per heavy atom. The van der Waals surface area contributed by atoms with E-state index in [2.05, 4.69) is 22.3 Å². The third-order valence-electron chi connectivity index (χ3n) is 4.38. The lowest BCUT2D eigenvalue weighted by Crippen LogP contribution is -2.38. The van der Waals surface area contributed by atoms with Crippen LogP contribution < -0.4 is 5.32 Å². The molecule has 0 aliphatic carbocycles. The van der Waals surface area contributed by atoms with Gasteiger partial charge in [0.05, 0.1) is 5.92 Å². The zero-order valence-corrected chi connectivity index (χ0v) is 11.3. The molecule has 0 radical (unpaired) electrons. The van der Waals surface area contributed by atoms with Crippen LogP contribution in [0.5, 0.6) is 0 Å². The molecule has 1 fully saturated rings. The minimum absolute atomic E-state index is 0.228. The fourth-order valence-corrected chi connectivity index (χ4v) is 3.20. The number of halogens is 3. The predicted octanol–water partition coefficient (Wildman–Crippen LogP) is 3.43. The van der Waals surface area contributed by atoms with Gasteiger partial charge in [0, 0.05) is 18.8 Å². The van der Waals surface area contributed by atoms with Crippen molar-refractivity contribution in [2.45, 2.75) is 32.0 Å². The van der Waals surface area contributed by atoms with Crippen LogP contribution in [0.1, 0.15) is 24.0 Å². The quantitative estimate of drug-likeness (QED) is 0.895. The van der Waals surface area contributed by atoms with E-state index in [0.717, 1.165) is 19.5 Å². The van der Waals surface area contributed by atoms with Crippen LogP contribution >= 0.6 is 0 Å². The first-order chi connectivity index (χ1) is 9.54. The molecule has 0 atom stereocenters. The fraction of sp³-hybridized carbons (Fsp3) is 0.600. The van der Waals surface area contributed by atoms with E-state index in [-0.39, 0.29) is 12.8 Å². The first kappa shape index (κ1) is 13.7. The van der Waals surface area contributed by atoms with Crippen molar-refractivity contribution in [3.63, 3.8) is 0 Å². The molecule has 0 bridgehead atoms. The summed E-state index contributed by atoms with van der Waals surface area (Å²) in [5.74, 6) is -1.11. The Morgan fingerprint density at radius 2 is 1.95 bits per heavy atom. The molecule has 0 amide bonds. The maximum Gasteiger partial charge on any atom is 0.391 e. The summed E-state index contributed by atoms with van der Waals surface area (Å²) in [4.78, 5) is 2.14. The lowest BCUT2D eigenvalue weighted by Gasteiger charge is -2.33. The highest BCUT2D eigenvalue weighted by atomic mass is 19.4. The number of fused-ring (bicyclic) bond motifs is 1. The Kier molecular flexibility index (Phi) is 3.63. The number of anilines is 1. The van der Waals surface area contributed by atoms with Crippen molar-refractivity contribution in [2.24, 2.45) is 5.92 Å². The molecule has 1 N–H and O–H groups in total. The standard InChI is InChI=1S/C15H19F3N2/c16-15(17,18)13-5-8-20(9-6-13)10-12-3-1-2-11-4-7-19-14(11)12/h1-3,13,19H,4-10H2. The average molecular weight is 284 g/mol. The van der Waals surface area contributed by atoms with E-state index in [9.17, 15) is 13.2 Å². The first-order valence-electron chi connectivity index (χ1n) is 7.18. The van der Waals surface area contributed by atoms with Crippen LogP contribution in [0.4, 0.5) is 18.9 Å². The van der Waals surface area contributed by atoms with Crippen LogP contribution in [-0.4, -0.2) is 30.7 Å². The molecule has 20 heavy (non-hydrogen) atoms. The van der Waals surface area contributed by atoms with Crippen LogP contribution in [0.3, 0.4) is 0 Å². The highest BCUT2D eigenvalue weighted by Gasteiger charge is 2.41. The van der Waals surface area contributed by atoms with Crippen molar-refractivity contribution >= 4 is 5.69 Å². The van der Waals surface area contributed by atoms with Crippen molar-refractivity contribution in [1.29, 1.82) is 0 Å². The number of para-hydroxylation sites is 1. The Bertz CT molecular complexity index is 476. The molecule has 2 aliphatic rings. The molecule has 1 saturated heterocycles. The largest absolute Gasteiger partial charge is 0.391 e. The normalized spacial score (nSPS) is 20.8. The summed E-state index contributed by atoms with van der Waals surface area (Å²) in [6.45, 7) is 2.78. The van der Waals surface area contributed by atoms with Gasteiger partial charge in [-0.15, -0.1) is 0 Å². The molecular formula is C15H19F3N2. The Morgan fingerprint density at radius 1 is 1.20 bits per heavy atom. The summed E-state index contributed by atoms with van der Waals surface area (Å²) >= 11 is 0. The summed E-state index contributed by atoms with van der Waals surface area (Å²) < 4.78 is 37.9. The van der Waals surface area contributed by atoms with E-state index in [1.54, 1.807) is 0 Å². The summed E-state index contributed by atoms with van der Waals surface area (Å²) in [5, 5.41) is 3.38. The van der Waals surface area contributed by atoms with Crippen LogP contribution in [0, 0.1) is 5.92 Å². The van der Waals surface area contributed by atoms with E-state index in [0.29, 0.717) is 13.1 Å². The molecule has 2 aliphatic heterocycles. The zero-order chi connectivity index (χ0) is 14.2. The maximum atomic E-state index is 12.6. The lowest BCUT2D eigenvalue weighted by atomic mass is 9.95. The Hall–Kier alpha value is -1.23. The molecule has 2 heterocycles. The number of piperidine rings is 1. The van der Waals surface area contributed by atoms with Crippen LogP contribution in [0.25, 0.3) is 0 Å². The summed E-state index contributed by atoms with van der Waals surface area (Å²) in [6, 6.07) is 6.24. The molecule has 0 saturated carbocycles. The highest BCUT2D eigenvalue weighted by Crippen LogP contribution is 2.35. The average Bonchev–Trinajstić information content (AvgIpc) is 2.88. The number of benzene rings is 1. The monoisotopic (exact) mass is 284 g/mol. The third-order valence-corrected chi connectivity index (χ3v) is 4.38. The molecule has 0 unspecified atom stereocenters. The number of alkyl halides is 3. The van der Waals surface area contributed by atoms with Gasteiger partial charge in [0.25, 0.3) is 0 Å². The third kappa shape index (κ3) is 2.77. The maximum absolute atomic E-state index is 12.6. The Labute approximate surface area is 117 Å². The molecule has 5 heteroatoms. The molecular weight excluding hydrogens is 265 g/mol. The van der Waals surface area contributed by atoms with Crippen molar-refractivity contribution in [3.05, 3.63) is 29.3 Å². The summed E-state index contributed by atoms with van der Waals surface area (Å²) in [7, 11) is 0. The number of likely N-dealkylation sites (tertiary alicyclic amines) is 1. The molecule has 110 valence electrons. The summed E-state index contributed by atoms with van der Waals surface area (Å²) in [5.41, 5.74) is 3.74. The second-order valence-electron chi connectivity index (χ2n) is 5.72. The van der Waals surface area contributed by atoms with Crippen LogP contribution in [0.2, 0.25) is 0 Å². The molecule has 3 rings (SSSR count). The highest BCUT2D eigenvalue weighted by molar-refractivity contribution is 5.61. The fourth-order valence-electron chi connectivity index (χ4n) is 3.20. The van der Waals surface area contributed by atoms with Crippen molar-refractivity contribution in [1.82, 2.24) is 4.90 Å². The Balaban J connectivity index is 1.62. The summed E-state index contributed by atoms with van der Waals surface area (Å²) in [6.07, 6.45) is -2.53. The van der Waals surface area contributed by atoms with E-state index in [1.807, 2.05) is 6.07 Å². The van der Waals surface area contributed by atoms with E-state index in [1.165, 1.54) is 16.8 Å². The van der Waals surface area contributed by atoms with Gasteiger partial charge < -0.3 is 5.32 Å². The topological polar surface area (TPSA) is 15.3 Å². The number of hydrogen-bond donors (Lipinski definition) is 1. The first-order valence-corrected chi connectivity index (χ1v) is 7.18. The number of hydrogen-bond acceptors (Lipinski definition) is 2. The second kappa shape index (κ2) is 5.28. The van der Waals surface area contributed by atoms with E-state index >= 15 is 0 Å². The van der Waals surface area contributed by atoms with Gasteiger partial charge in [0.1, 0.15) is 0 Å². The minimum Gasteiger partial charge on any atom is -0.384 e. The van der Waals surface area contributed by atoms with Gasteiger partial charge in [-0.25, -0.2) is 0 Å². The van der Waals surface area contributed by atoms with Crippen molar-refractivity contribution < 1.29 is 13.2 Å². The van der Waals surface area contributed by atoms with Gasteiger partial charge in [-0.05, 0) is 43.5 Å². The molecule has 2 nitrogen and oxygen atoms in total. The van der Waals surface area contributed by atoms with Gasteiger partial charge in [-0.2, -0.15) is 13.2 Å². The smallest absolute Gasteiger partial charge is 0.384 e.